The van der Waals surface area contributed by atoms with Gasteiger partial charge in [-0.3, -0.25) is 29.8 Å². The first-order valence-electron chi connectivity index (χ1n) is 12.3. The zero-order valence-electron chi connectivity index (χ0n) is 21.8. The van der Waals surface area contributed by atoms with Crippen LogP contribution in [0.4, 0.5) is 14.5 Å². The lowest BCUT2D eigenvalue weighted by Gasteiger charge is -2.17. The van der Waals surface area contributed by atoms with E-state index >= 15 is 4.39 Å². The highest BCUT2D eigenvalue weighted by Crippen LogP contribution is 2.38. The van der Waals surface area contributed by atoms with E-state index in [9.17, 15) is 18.8 Å². The van der Waals surface area contributed by atoms with Crippen LogP contribution in [0.2, 0.25) is 10.0 Å². The van der Waals surface area contributed by atoms with Crippen LogP contribution in [-0.4, -0.2) is 40.4 Å². The van der Waals surface area contributed by atoms with Crippen molar-refractivity contribution in [3.05, 3.63) is 88.0 Å². The van der Waals surface area contributed by atoms with Crippen LogP contribution >= 0.6 is 23.2 Å². The van der Waals surface area contributed by atoms with E-state index in [0.29, 0.717) is 24.3 Å². The first-order valence-corrected chi connectivity index (χ1v) is 13.0. The second kappa shape index (κ2) is 12.8. The van der Waals surface area contributed by atoms with Gasteiger partial charge in [0.2, 0.25) is 11.8 Å². The standard InChI is InChI=1S/C28H24Cl2F2N6O3/c1-15(39)33-12-13-34-22-8-4-3-6-18(22)27-35-25(28(41)37-36-16(2)40)26(17-10-11-21(31)20(30)14-17)38(27)23-9-5-7-19(29)24(23)32/h3-11,14,34H,12-13H2,1-2H3,(H,33,39)(H,36,40)(H,37,41). The molecule has 3 aromatic carbocycles. The molecule has 0 saturated heterocycles. The zero-order chi connectivity index (χ0) is 29.7. The smallest absolute Gasteiger partial charge is 0.290 e. The fourth-order valence-electron chi connectivity index (χ4n) is 4.04. The van der Waals surface area contributed by atoms with Crippen LogP contribution in [0.15, 0.2) is 60.7 Å². The Kier molecular flexibility index (Phi) is 9.21. The molecular weight excluding hydrogens is 577 g/mol. The summed E-state index contributed by atoms with van der Waals surface area (Å²) in [5, 5.41) is 5.48. The Balaban J connectivity index is 2.02. The van der Waals surface area contributed by atoms with Gasteiger partial charge in [-0.1, -0.05) is 41.4 Å². The van der Waals surface area contributed by atoms with Crippen LogP contribution in [0.25, 0.3) is 28.3 Å². The summed E-state index contributed by atoms with van der Waals surface area (Å²) < 4.78 is 31.2. The SMILES string of the molecule is CC(=O)NCCNc1ccccc1-c1nc(C(=O)NNC(C)=O)c(-c2ccc(F)c(Cl)c2)n1-c1cccc(Cl)c1F. The molecule has 0 aliphatic rings. The lowest BCUT2D eigenvalue weighted by atomic mass is 10.1. The number of carbonyl (C=O) groups is 3. The van der Waals surface area contributed by atoms with E-state index in [2.05, 4.69) is 26.5 Å². The van der Waals surface area contributed by atoms with Crippen LogP contribution in [0.3, 0.4) is 0 Å². The molecule has 0 atom stereocenters. The third-order valence-electron chi connectivity index (χ3n) is 5.79. The number of rotatable bonds is 8. The average molecular weight is 601 g/mol. The molecule has 212 valence electrons. The molecule has 13 heteroatoms. The lowest BCUT2D eigenvalue weighted by Crippen LogP contribution is -2.40. The van der Waals surface area contributed by atoms with Gasteiger partial charge in [0.1, 0.15) is 11.6 Å². The Morgan fingerprint density at radius 3 is 2.34 bits per heavy atom. The maximum atomic E-state index is 15.6. The number of amides is 3. The molecule has 9 nitrogen and oxygen atoms in total. The van der Waals surface area contributed by atoms with E-state index in [-0.39, 0.29) is 44.4 Å². The Morgan fingerprint density at radius 1 is 0.878 bits per heavy atom. The Morgan fingerprint density at radius 2 is 1.63 bits per heavy atom. The quantitative estimate of drug-likeness (QED) is 0.165. The van der Waals surface area contributed by atoms with Gasteiger partial charge in [0.05, 0.1) is 21.4 Å². The predicted molar refractivity (Wildman–Crippen MR) is 153 cm³/mol. The van der Waals surface area contributed by atoms with E-state index in [1.54, 1.807) is 24.3 Å². The number of imidazole rings is 1. The zero-order valence-corrected chi connectivity index (χ0v) is 23.3. The summed E-state index contributed by atoms with van der Waals surface area (Å²) in [6, 6.07) is 15.1. The second-order valence-corrected chi connectivity index (χ2v) is 9.57. The summed E-state index contributed by atoms with van der Waals surface area (Å²) in [6.45, 7) is 3.28. The molecule has 0 spiro atoms. The van der Waals surface area contributed by atoms with Crippen molar-refractivity contribution in [2.75, 3.05) is 18.4 Å². The normalized spacial score (nSPS) is 10.7. The van der Waals surface area contributed by atoms with Crippen molar-refractivity contribution in [1.82, 2.24) is 25.7 Å². The van der Waals surface area contributed by atoms with Gasteiger partial charge in [-0.05, 0) is 42.5 Å². The minimum atomic E-state index is -0.825. The fraction of sp³-hybridized carbons (Fsp3) is 0.143. The molecule has 3 amide bonds. The average Bonchev–Trinajstić information content (AvgIpc) is 3.33. The number of hydrazine groups is 1. The predicted octanol–water partition coefficient (Wildman–Crippen LogP) is 5.12. The summed E-state index contributed by atoms with van der Waals surface area (Å²) in [5.41, 5.74) is 5.52. The van der Waals surface area contributed by atoms with E-state index in [1.165, 1.54) is 48.7 Å². The van der Waals surface area contributed by atoms with Crippen molar-refractivity contribution in [3.63, 3.8) is 0 Å². The molecule has 0 radical (unpaired) electrons. The topological polar surface area (TPSA) is 117 Å². The Hall–Kier alpha value is -4.48. The number of aromatic nitrogens is 2. The highest BCUT2D eigenvalue weighted by molar-refractivity contribution is 6.31. The third kappa shape index (κ3) is 6.64. The summed E-state index contributed by atoms with van der Waals surface area (Å²) in [5.74, 6) is -2.93. The van der Waals surface area contributed by atoms with Crippen LogP contribution in [0.5, 0.6) is 0 Å². The number of nitrogens with one attached hydrogen (secondary N) is 4. The molecule has 41 heavy (non-hydrogen) atoms. The van der Waals surface area contributed by atoms with Gasteiger partial charge in [0.15, 0.2) is 11.5 Å². The summed E-state index contributed by atoms with van der Waals surface area (Å²) >= 11 is 12.2. The number of para-hydroxylation sites is 1. The highest BCUT2D eigenvalue weighted by atomic mass is 35.5. The van der Waals surface area contributed by atoms with Crippen molar-refractivity contribution in [3.8, 4) is 28.3 Å². The Bertz CT molecular complexity index is 1640. The van der Waals surface area contributed by atoms with Crippen molar-refractivity contribution >= 4 is 46.6 Å². The lowest BCUT2D eigenvalue weighted by molar-refractivity contribution is -0.120. The van der Waals surface area contributed by atoms with Gasteiger partial charge in [0.25, 0.3) is 5.91 Å². The van der Waals surface area contributed by atoms with Crippen LogP contribution in [0.1, 0.15) is 24.3 Å². The number of hydrogen-bond acceptors (Lipinski definition) is 5. The van der Waals surface area contributed by atoms with Crippen molar-refractivity contribution in [2.45, 2.75) is 13.8 Å². The monoisotopic (exact) mass is 600 g/mol. The molecule has 0 bridgehead atoms. The third-order valence-corrected chi connectivity index (χ3v) is 6.37. The van der Waals surface area contributed by atoms with E-state index in [1.807, 2.05) is 0 Å². The minimum absolute atomic E-state index is 0.0536. The summed E-state index contributed by atoms with van der Waals surface area (Å²) in [6.07, 6.45) is 0. The maximum absolute atomic E-state index is 15.6. The van der Waals surface area contributed by atoms with Gasteiger partial charge >= 0.3 is 0 Å². The number of nitrogens with zero attached hydrogens (tertiary/aromatic N) is 2. The Labute approximate surface area is 243 Å². The summed E-state index contributed by atoms with van der Waals surface area (Å²) in [7, 11) is 0. The molecule has 1 heterocycles. The first kappa shape index (κ1) is 29.5. The minimum Gasteiger partial charge on any atom is -0.383 e. The molecule has 0 fully saturated rings. The molecule has 4 rings (SSSR count). The molecule has 4 N–H and O–H groups in total. The van der Waals surface area contributed by atoms with E-state index < -0.39 is 23.4 Å². The number of carbonyl (C=O) groups excluding carboxylic acids is 3. The van der Waals surface area contributed by atoms with Gasteiger partial charge in [-0.15, -0.1) is 0 Å². The molecule has 4 aromatic rings. The van der Waals surface area contributed by atoms with Crippen molar-refractivity contribution in [1.29, 1.82) is 0 Å². The molecule has 0 aliphatic carbocycles. The van der Waals surface area contributed by atoms with Crippen LogP contribution in [-0.2, 0) is 9.59 Å². The molecular formula is C28H24Cl2F2N6O3. The highest BCUT2D eigenvalue weighted by Gasteiger charge is 2.29. The van der Waals surface area contributed by atoms with Crippen molar-refractivity contribution < 1.29 is 23.2 Å². The van der Waals surface area contributed by atoms with Crippen molar-refractivity contribution in [2.24, 2.45) is 0 Å². The molecule has 1 aromatic heterocycles. The first-order chi connectivity index (χ1) is 19.6. The van der Waals surface area contributed by atoms with Gasteiger partial charge in [0, 0.05) is 43.8 Å². The fourth-order valence-corrected chi connectivity index (χ4v) is 4.39. The maximum Gasteiger partial charge on any atom is 0.290 e. The number of anilines is 1. The number of benzene rings is 3. The van der Waals surface area contributed by atoms with E-state index in [4.69, 9.17) is 23.2 Å². The van der Waals surface area contributed by atoms with Gasteiger partial charge < -0.3 is 10.6 Å². The summed E-state index contributed by atoms with van der Waals surface area (Å²) in [4.78, 5) is 40.7. The van der Waals surface area contributed by atoms with Crippen LogP contribution in [0, 0.1) is 11.6 Å². The molecule has 0 aliphatic heterocycles. The van der Waals surface area contributed by atoms with Gasteiger partial charge in [-0.2, -0.15) is 0 Å². The van der Waals surface area contributed by atoms with E-state index in [0.717, 1.165) is 6.07 Å². The molecule has 0 unspecified atom stereocenters. The number of hydrogen-bond donors (Lipinski definition) is 4. The van der Waals surface area contributed by atoms with Crippen LogP contribution < -0.4 is 21.5 Å². The second-order valence-electron chi connectivity index (χ2n) is 8.76. The number of halogens is 4. The van der Waals surface area contributed by atoms with Gasteiger partial charge in [-0.25, -0.2) is 13.8 Å². The largest absolute Gasteiger partial charge is 0.383 e. The molecule has 0 saturated carbocycles.